The lowest BCUT2D eigenvalue weighted by Gasteiger charge is -2.39. The highest BCUT2D eigenvalue weighted by atomic mass is 79.9. The van der Waals surface area contributed by atoms with Crippen molar-refractivity contribution in [3.05, 3.63) is 47.0 Å². The molecule has 0 aliphatic carbocycles. The molecule has 0 spiro atoms. The number of morpholine rings is 1. The van der Waals surface area contributed by atoms with E-state index < -0.39 is 0 Å². The van der Waals surface area contributed by atoms with Gasteiger partial charge in [-0.25, -0.2) is 0 Å². The van der Waals surface area contributed by atoms with Gasteiger partial charge in [0.15, 0.2) is 0 Å². The number of benzene rings is 1. The molecule has 1 aliphatic rings. The summed E-state index contributed by atoms with van der Waals surface area (Å²) in [6.45, 7) is 9.42. The van der Waals surface area contributed by atoms with Crippen molar-refractivity contribution in [2.24, 2.45) is 0 Å². The molecule has 1 aromatic carbocycles. The molecule has 20 heavy (non-hydrogen) atoms. The van der Waals surface area contributed by atoms with Crippen LogP contribution in [0.25, 0.3) is 0 Å². The summed E-state index contributed by atoms with van der Waals surface area (Å²) in [6, 6.07) is 8.11. The van der Waals surface area contributed by atoms with Crippen molar-refractivity contribution in [1.82, 2.24) is 0 Å². The van der Waals surface area contributed by atoms with Crippen LogP contribution in [0.2, 0.25) is 0 Å². The van der Waals surface area contributed by atoms with Gasteiger partial charge in [0.1, 0.15) is 19.6 Å². The van der Waals surface area contributed by atoms with E-state index >= 15 is 0 Å². The second-order valence-corrected chi connectivity index (χ2v) is 5.75. The van der Waals surface area contributed by atoms with Crippen molar-refractivity contribution in [2.75, 3.05) is 39.4 Å². The Morgan fingerprint density at radius 2 is 1.90 bits per heavy atom. The van der Waals surface area contributed by atoms with Crippen LogP contribution in [0, 0.1) is 11.8 Å². The average molecular weight is 401 g/mol. The Kier molecular flexibility index (Phi) is 7.53. The summed E-state index contributed by atoms with van der Waals surface area (Å²) < 4.78 is 7.51. The van der Waals surface area contributed by atoms with Gasteiger partial charge >= 0.3 is 0 Å². The summed E-state index contributed by atoms with van der Waals surface area (Å²) in [7, 11) is 0. The van der Waals surface area contributed by atoms with Gasteiger partial charge in [-0.3, -0.25) is 0 Å². The molecule has 0 radical (unpaired) electrons. The van der Waals surface area contributed by atoms with Gasteiger partial charge in [0, 0.05) is 10.0 Å². The van der Waals surface area contributed by atoms with E-state index in [1.807, 2.05) is 30.3 Å². The second kappa shape index (κ2) is 8.63. The first-order valence-electron chi connectivity index (χ1n) is 6.52. The summed E-state index contributed by atoms with van der Waals surface area (Å²) >= 11 is 3.43. The maximum absolute atomic E-state index is 5.45. The van der Waals surface area contributed by atoms with Crippen LogP contribution < -0.4 is 17.0 Å². The van der Waals surface area contributed by atoms with Crippen LogP contribution in [0.1, 0.15) is 5.56 Å². The number of nitrogens with zero attached hydrogens (tertiary/aromatic N) is 1. The number of rotatable bonds is 3. The number of quaternary nitrogens is 1. The van der Waals surface area contributed by atoms with Crippen LogP contribution in [0.3, 0.4) is 0 Å². The Morgan fingerprint density at radius 3 is 2.50 bits per heavy atom. The van der Waals surface area contributed by atoms with Crippen LogP contribution >= 0.6 is 15.9 Å². The number of ether oxygens (including phenoxy) is 1. The zero-order chi connectivity index (χ0) is 13.6. The molecule has 0 unspecified atom stereocenters. The Bertz CT molecular complexity index is 481. The van der Waals surface area contributed by atoms with Crippen molar-refractivity contribution in [3.63, 3.8) is 0 Å². The highest BCUT2D eigenvalue weighted by Gasteiger charge is 2.27. The van der Waals surface area contributed by atoms with Crippen molar-refractivity contribution in [2.45, 2.75) is 0 Å². The lowest BCUT2D eigenvalue weighted by Crippen LogP contribution is -3.00. The Morgan fingerprint density at radius 1 is 1.25 bits per heavy atom. The minimum atomic E-state index is 0. The normalized spacial score (nSPS) is 16.4. The maximum atomic E-state index is 5.45. The third-order valence-electron chi connectivity index (χ3n) is 3.43. The first-order chi connectivity index (χ1) is 9.24. The molecule has 4 heteroatoms. The molecular formula is C16H19Br2NO. The molecule has 0 bridgehead atoms. The molecule has 0 amide bonds. The van der Waals surface area contributed by atoms with Gasteiger partial charge in [0.05, 0.1) is 19.8 Å². The summed E-state index contributed by atoms with van der Waals surface area (Å²) in [6.07, 6.45) is 1.99. The monoisotopic (exact) mass is 399 g/mol. The van der Waals surface area contributed by atoms with Gasteiger partial charge in [0.25, 0.3) is 0 Å². The Balaban J connectivity index is 0.00000200. The lowest BCUT2D eigenvalue weighted by molar-refractivity contribution is -0.923. The standard InChI is InChI=1S/C16H19BrNO.BrH/c1-2-9-18(11-13-19-14-12-18)10-3-4-15-5-7-16(17)8-6-15;/h2,5-8H,1,9-14H2;1H/q+1;/p-1. The van der Waals surface area contributed by atoms with E-state index in [0.29, 0.717) is 0 Å². The third kappa shape index (κ3) is 5.06. The molecule has 2 nitrogen and oxygen atoms in total. The number of halogens is 2. The topological polar surface area (TPSA) is 9.23 Å². The van der Waals surface area contributed by atoms with E-state index in [0.717, 1.165) is 53.9 Å². The minimum Gasteiger partial charge on any atom is -1.00 e. The molecule has 108 valence electrons. The second-order valence-electron chi connectivity index (χ2n) is 4.84. The molecule has 2 rings (SSSR count). The molecule has 0 saturated carbocycles. The van der Waals surface area contributed by atoms with Crippen LogP contribution in [0.4, 0.5) is 0 Å². The van der Waals surface area contributed by atoms with E-state index in [4.69, 9.17) is 4.74 Å². The Labute approximate surface area is 140 Å². The summed E-state index contributed by atoms with van der Waals surface area (Å²) in [4.78, 5) is 0. The van der Waals surface area contributed by atoms with Gasteiger partial charge in [-0.05, 0) is 36.3 Å². The van der Waals surface area contributed by atoms with Gasteiger partial charge < -0.3 is 26.2 Å². The Hall–Kier alpha value is -0.600. The van der Waals surface area contributed by atoms with Gasteiger partial charge in [0.2, 0.25) is 0 Å². The molecule has 1 aliphatic heterocycles. The largest absolute Gasteiger partial charge is 1.00 e. The smallest absolute Gasteiger partial charge is 0.141 e. The zero-order valence-electron chi connectivity index (χ0n) is 11.4. The van der Waals surface area contributed by atoms with Crippen LogP contribution in [-0.2, 0) is 4.74 Å². The molecule has 0 aromatic heterocycles. The van der Waals surface area contributed by atoms with E-state index in [1.165, 1.54) is 0 Å². The average Bonchev–Trinajstić information content (AvgIpc) is 2.42. The highest BCUT2D eigenvalue weighted by Crippen LogP contribution is 2.12. The summed E-state index contributed by atoms with van der Waals surface area (Å²) in [5, 5.41) is 0. The van der Waals surface area contributed by atoms with Gasteiger partial charge in [-0.15, -0.1) is 0 Å². The molecule has 0 atom stereocenters. The molecule has 1 fully saturated rings. The highest BCUT2D eigenvalue weighted by molar-refractivity contribution is 9.10. The lowest BCUT2D eigenvalue weighted by atomic mass is 10.2. The predicted octanol–water partition coefficient (Wildman–Crippen LogP) is -0.162. The number of hydrogen-bond acceptors (Lipinski definition) is 1. The summed E-state index contributed by atoms with van der Waals surface area (Å²) in [5.41, 5.74) is 1.06. The summed E-state index contributed by atoms with van der Waals surface area (Å²) in [5.74, 6) is 6.56. The first kappa shape index (κ1) is 17.5. The quantitative estimate of drug-likeness (QED) is 0.389. The van der Waals surface area contributed by atoms with Crippen LogP contribution in [-0.4, -0.2) is 43.9 Å². The van der Waals surface area contributed by atoms with Crippen molar-refractivity contribution in [3.8, 4) is 11.8 Å². The van der Waals surface area contributed by atoms with E-state index in [9.17, 15) is 0 Å². The fourth-order valence-corrected chi connectivity index (χ4v) is 2.52. The van der Waals surface area contributed by atoms with Crippen molar-refractivity contribution >= 4 is 15.9 Å². The molecular weight excluding hydrogens is 382 g/mol. The molecule has 1 heterocycles. The molecule has 0 N–H and O–H groups in total. The fourth-order valence-electron chi connectivity index (χ4n) is 2.25. The third-order valence-corrected chi connectivity index (χ3v) is 3.96. The van der Waals surface area contributed by atoms with E-state index in [-0.39, 0.29) is 17.0 Å². The van der Waals surface area contributed by atoms with E-state index in [1.54, 1.807) is 0 Å². The molecule has 1 saturated heterocycles. The van der Waals surface area contributed by atoms with Crippen LogP contribution in [0.5, 0.6) is 0 Å². The number of hydrogen-bond donors (Lipinski definition) is 0. The minimum absolute atomic E-state index is 0. The first-order valence-corrected chi connectivity index (χ1v) is 7.32. The predicted molar refractivity (Wildman–Crippen MR) is 81.8 cm³/mol. The fraction of sp³-hybridized carbons (Fsp3) is 0.375. The van der Waals surface area contributed by atoms with Crippen molar-refractivity contribution < 1.29 is 26.2 Å². The molecule has 1 aromatic rings. The van der Waals surface area contributed by atoms with E-state index in [2.05, 4.69) is 34.3 Å². The maximum Gasteiger partial charge on any atom is 0.141 e. The van der Waals surface area contributed by atoms with Crippen LogP contribution in [0.15, 0.2) is 41.4 Å². The zero-order valence-corrected chi connectivity index (χ0v) is 14.6. The SMILES string of the molecule is C=CC[N+]1(CC#Cc2ccc(Br)cc2)CCOCC1.[Br-]. The van der Waals surface area contributed by atoms with Crippen molar-refractivity contribution in [1.29, 1.82) is 0 Å². The van der Waals surface area contributed by atoms with Gasteiger partial charge in [-0.2, -0.15) is 0 Å². The van der Waals surface area contributed by atoms with Gasteiger partial charge in [-0.1, -0.05) is 28.4 Å².